The summed E-state index contributed by atoms with van der Waals surface area (Å²) in [6, 6.07) is 8.65. The summed E-state index contributed by atoms with van der Waals surface area (Å²) in [5, 5.41) is 6.88. The standard InChI is InChI=1S/C19H32N4O.HI/c1-15(2)18(23-10-5-6-11-23)14-22-19(20-3)21-13-16-8-7-9-17(12-16)24-4;/h7-9,12,15,18H,5-6,10-11,13-14H2,1-4H3,(H2,20,21,22);1H. The van der Waals surface area contributed by atoms with Crippen molar-refractivity contribution < 1.29 is 4.74 Å². The SMILES string of the molecule is CN=C(NCc1cccc(OC)c1)NCC(C(C)C)N1CCCC1.I. The number of methoxy groups -OCH3 is 1. The summed E-state index contributed by atoms with van der Waals surface area (Å²) in [6.07, 6.45) is 2.65. The van der Waals surface area contributed by atoms with Crippen molar-refractivity contribution in [3.63, 3.8) is 0 Å². The number of nitrogens with one attached hydrogen (secondary N) is 2. The smallest absolute Gasteiger partial charge is 0.191 e. The predicted molar refractivity (Wildman–Crippen MR) is 116 cm³/mol. The third kappa shape index (κ3) is 7.01. The monoisotopic (exact) mass is 460 g/mol. The van der Waals surface area contributed by atoms with Crippen LogP contribution in [0.1, 0.15) is 32.3 Å². The average Bonchev–Trinajstić information content (AvgIpc) is 3.12. The third-order valence-electron chi connectivity index (χ3n) is 4.68. The third-order valence-corrected chi connectivity index (χ3v) is 4.68. The Hall–Kier alpha value is -1.02. The Morgan fingerprint density at radius 2 is 1.96 bits per heavy atom. The molecule has 6 heteroatoms. The average molecular weight is 460 g/mol. The molecule has 142 valence electrons. The molecule has 0 amide bonds. The fourth-order valence-corrected chi connectivity index (χ4v) is 3.25. The molecule has 0 spiro atoms. The van der Waals surface area contributed by atoms with E-state index in [1.165, 1.54) is 31.5 Å². The van der Waals surface area contributed by atoms with Gasteiger partial charge in [-0.2, -0.15) is 0 Å². The van der Waals surface area contributed by atoms with Gasteiger partial charge in [0.25, 0.3) is 0 Å². The molecule has 25 heavy (non-hydrogen) atoms. The highest BCUT2D eigenvalue weighted by Gasteiger charge is 2.24. The van der Waals surface area contributed by atoms with Crippen LogP contribution >= 0.6 is 24.0 Å². The van der Waals surface area contributed by atoms with E-state index in [0.717, 1.165) is 24.8 Å². The van der Waals surface area contributed by atoms with Gasteiger partial charge >= 0.3 is 0 Å². The van der Waals surface area contributed by atoms with Crippen LogP contribution in [0, 0.1) is 5.92 Å². The van der Waals surface area contributed by atoms with E-state index in [9.17, 15) is 0 Å². The number of guanidine groups is 1. The maximum Gasteiger partial charge on any atom is 0.191 e. The second-order valence-electron chi connectivity index (χ2n) is 6.71. The fraction of sp³-hybridized carbons (Fsp3) is 0.632. The van der Waals surface area contributed by atoms with Crippen LogP contribution in [-0.4, -0.2) is 50.7 Å². The summed E-state index contributed by atoms with van der Waals surface area (Å²) >= 11 is 0. The normalized spacial score (nSPS) is 16.4. The van der Waals surface area contributed by atoms with Crippen LogP contribution in [0.25, 0.3) is 0 Å². The predicted octanol–water partition coefficient (Wildman–Crippen LogP) is 3.10. The van der Waals surface area contributed by atoms with Crippen molar-refractivity contribution in [3.05, 3.63) is 29.8 Å². The van der Waals surface area contributed by atoms with Crippen molar-refractivity contribution in [2.24, 2.45) is 10.9 Å². The van der Waals surface area contributed by atoms with E-state index in [0.29, 0.717) is 12.0 Å². The molecule has 0 bridgehead atoms. The lowest BCUT2D eigenvalue weighted by Crippen LogP contribution is -2.48. The van der Waals surface area contributed by atoms with Crippen molar-refractivity contribution in [3.8, 4) is 5.75 Å². The number of likely N-dealkylation sites (tertiary alicyclic amines) is 1. The summed E-state index contributed by atoms with van der Waals surface area (Å²) < 4.78 is 5.27. The van der Waals surface area contributed by atoms with Crippen molar-refractivity contribution in [2.75, 3.05) is 33.8 Å². The molecule has 1 saturated heterocycles. The molecule has 0 saturated carbocycles. The van der Waals surface area contributed by atoms with E-state index in [1.54, 1.807) is 7.11 Å². The van der Waals surface area contributed by atoms with Gasteiger partial charge < -0.3 is 15.4 Å². The zero-order valence-corrected chi connectivity index (χ0v) is 18.2. The first-order chi connectivity index (χ1) is 11.6. The van der Waals surface area contributed by atoms with Gasteiger partial charge in [0.2, 0.25) is 0 Å². The zero-order valence-electron chi connectivity index (χ0n) is 15.9. The van der Waals surface area contributed by atoms with Crippen molar-refractivity contribution in [1.29, 1.82) is 0 Å². The highest BCUT2D eigenvalue weighted by atomic mass is 127. The van der Waals surface area contributed by atoms with E-state index in [4.69, 9.17) is 4.74 Å². The van der Waals surface area contributed by atoms with Gasteiger partial charge in [-0.05, 0) is 49.5 Å². The van der Waals surface area contributed by atoms with Crippen molar-refractivity contribution in [2.45, 2.75) is 39.3 Å². The number of hydrogen-bond donors (Lipinski definition) is 2. The minimum atomic E-state index is 0. The molecule has 5 nitrogen and oxygen atoms in total. The molecule has 1 atom stereocenters. The Labute approximate surface area is 169 Å². The number of halogens is 1. The topological polar surface area (TPSA) is 48.9 Å². The Morgan fingerprint density at radius 1 is 1.24 bits per heavy atom. The largest absolute Gasteiger partial charge is 0.497 e. The number of benzene rings is 1. The molecule has 2 rings (SSSR count). The van der Waals surface area contributed by atoms with E-state index in [1.807, 2.05) is 25.2 Å². The zero-order chi connectivity index (χ0) is 17.4. The van der Waals surface area contributed by atoms with Crippen LogP contribution in [0.5, 0.6) is 5.75 Å². The fourth-order valence-electron chi connectivity index (χ4n) is 3.25. The first-order valence-electron chi connectivity index (χ1n) is 8.95. The van der Waals surface area contributed by atoms with Crippen LogP contribution in [0.2, 0.25) is 0 Å². The lowest BCUT2D eigenvalue weighted by molar-refractivity contribution is 0.192. The lowest BCUT2D eigenvalue weighted by atomic mass is 10.0. The number of ether oxygens (including phenoxy) is 1. The summed E-state index contributed by atoms with van der Waals surface area (Å²) in [4.78, 5) is 6.95. The van der Waals surface area contributed by atoms with Gasteiger partial charge in [0.15, 0.2) is 5.96 Å². The van der Waals surface area contributed by atoms with Gasteiger partial charge in [-0.25, -0.2) is 0 Å². The summed E-state index contributed by atoms with van der Waals surface area (Å²) in [7, 11) is 3.51. The summed E-state index contributed by atoms with van der Waals surface area (Å²) in [5.74, 6) is 2.36. The Bertz CT molecular complexity index is 530. The molecule has 1 unspecified atom stereocenters. The second kappa shape index (κ2) is 11.6. The van der Waals surface area contributed by atoms with Crippen LogP contribution in [0.4, 0.5) is 0 Å². The molecular formula is C19H33IN4O. The van der Waals surface area contributed by atoms with Gasteiger partial charge in [0, 0.05) is 26.2 Å². The van der Waals surface area contributed by atoms with Gasteiger partial charge in [0.05, 0.1) is 7.11 Å². The van der Waals surface area contributed by atoms with Crippen molar-refractivity contribution in [1.82, 2.24) is 15.5 Å². The summed E-state index contributed by atoms with van der Waals surface area (Å²) in [5.41, 5.74) is 1.18. The van der Waals surface area contributed by atoms with E-state index < -0.39 is 0 Å². The molecule has 0 aliphatic carbocycles. The van der Waals surface area contributed by atoms with Gasteiger partial charge in [-0.15, -0.1) is 24.0 Å². The quantitative estimate of drug-likeness (QED) is 0.373. The molecule has 1 fully saturated rings. The molecule has 2 N–H and O–H groups in total. The minimum Gasteiger partial charge on any atom is -0.497 e. The molecule has 0 radical (unpaired) electrons. The van der Waals surface area contributed by atoms with E-state index >= 15 is 0 Å². The Balaban J connectivity index is 0.00000312. The molecule has 1 aliphatic rings. The van der Waals surface area contributed by atoms with E-state index in [-0.39, 0.29) is 24.0 Å². The number of hydrogen-bond acceptors (Lipinski definition) is 3. The number of nitrogens with zero attached hydrogens (tertiary/aromatic N) is 2. The van der Waals surface area contributed by atoms with Crippen LogP contribution in [0.3, 0.4) is 0 Å². The number of aliphatic imine (C=N–C) groups is 1. The Morgan fingerprint density at radius 3 is 2.56 bits per heavy atom. The van der Waals surface area contributed by atoms with Crippen LogP contribution < -0.4 is 15.4 Å². The first-order valence-corrected chi connectivity index (χ1v) is 8.95. The molecular weight excluding hydrogens is 427 g/mol. The van der Waals surface area contributed by atoms with Crippen LogP contribution in [0.15, 0.2) is 29.3 Å². The van der Waals surface area contributed by atoms with Gasteiger partial charge in [-0.1, -0.05) is 26.0 Å². The molecule has 0 aromatic heterocycles. The van der Waals surface area contributed by atoms with Crippen LogP contribution in [-0.2, 0) is 6.54 Å². The highest BCUT2D eigenvalue weighted by Crippen LogP contribution is 2.17. The number of rotatable bonds is 7. The second-order valence-corrected chi connectivity index (χ2v) is 6.71. The molecule has 1 aliphatic heterocycles. The van der Waals surface area contributed by atoms with Gasteiger partial charge in [0.1, 0.15) is 5.75 Å². The summed E-state index contributed by atoms with van der Waals surface area (Å²) in [6.45, 7) is 8.71. The van der Waals surface area contributed by atoms with Crippen molar-refractivity contribution >= 4 is 29.9 Å². The molecule has 1 aromatic rings. The molecule has 1 heterocycles. The lowest BCUT2D eigenvalue weighted by Gasteiger charge is -2.31. The maximum absolute atomic E-state index is 5.27. The Kier molecular flexibility index (Phi) is 10.2. The van der Waals surface area contributed by atoms with E-state index in [2.05, 4.69) is 40.4 Å². The molecule has 1 aromatic carbocycles. The van der Waals surface area contributed by atoms with Gasteiger partial charge in [-0.3, -0.25) is 9.89 Å². The first kappa shape index (κ1) is 22.0. The maximum atomic E-state index is 5.27. The minimum absolute atomic E-state index is 0. The highest BCUT2D eigenvalue weighted by molar-refractivity contribution is 14.0.